The topological polar surface area (TPSA) is 49.3 Å². The molecule has 2 aliphatic rings. The van der Waals surface area contributed by atoms with E-state index in [1.54, 1.807) is 12.1 Å². The molecule has 1 aliphatic heterocycles. The molecule has 3 nitrogen and oxygen atoms in total. The lowest BCUT2D eigenvalue weighted by atomic mass is 9.76. The van der Waals surface area contributed by atoms with E-state index in [1.165, 1.54) is 22.4 Å². The predicted octanol–water partition coefficient (Wildman–Crippen LogP) is 5.88. The molecule has 0 saturated heterocycles. The molecule has 0 fully saturated rings. The predicted molar refractivity (Wildman–Crippen MR) is 112 cm³/mol. The fraction of sp³-hybridized carbons (Fsp3) is 0.160. The zero-order valence-corrected chi connectivity index (χ0v) is 15.4. The molecule has 3 aromatic carbocycles. The molecule has 3 atom stereocenters. The Kier molecular flexibility index (Phi) is 4.01. The van der Waals surface area contributed by atoms with Gasteiger partial charge in [0.25, 0.3) is 0 Å². The van der Waals surface area contributed by atoms with E-state index in [9.17, 15) is 4.79 Å². The van der Waals surface area contributed by atoms with Crippen LogP contribution < -0.4 is 5.32 Å². The maximum Gasteiger partial charge on any atom is 0.335 e. The van der Waals surface area contributed by atoms with Crippen LogP contribution in [0.15, 0.2) is 84.9 Å². The lowest BCUT2D eigenvalue weighted by molar-refractivity contribution is 0.0697. The van der Waals surface area contributed by atoms with Crippen LogP contribution in [0.4, 0.5) is 5.69 Å². The first-order valence-electron chi connectivity index (χ1n) is 9.66. The third-order valence-electron chi connectivity index (χ3n) is 5.99. The van der Waals surface area contributed by atoms with Crippen molar-refractivity contribution in [3.05, 3.63) is 102 Å². The number of aromatic carboxylic acids is 1. The van der Waals surface area contributed by atoms with Crippen LogP contribution in [0.5, 0.6) is 0 Å². The number of nitrogens with one attached hydrogen (secondary N) is 1. The van der Waals surface area contributed by atoms with Gasteiger partial charge in [-0.05, 0) is 58.9 Å². The van der Waals surface area contributed by atoms with Gasteiger partial charge in [0.1, 0.15) is 0 Å². The number of carbonyl (C=O) groups is 1. The van der Waals surface area contributed by atoms with Crippen molar-refractivity contribution >= 4 is 11.7 Å². The van der Waals surface area contributed by atoms with Gasteiger partial charge in [-0.3, -0.25) is 0 Å². The van der Waals surface area contributed by atoms with Crippen LogP contribution in [0.1, 0.15) is 39.9 Å². The Morgan fingerprint density at radius 2 is 1.71 bits per heavy atom. The summed E-state index contributed by atoms with van der Waals surface area (Å²) < 4.78 is 0. The van der Waals surface area contributed by atoms with Crippen LogP contribution in [0, 0.1) is 5.92 Å². The molecule has 0 spiro atoms. The molecule has 3 heteroatoms. The number of hydrogen-bond donors (Lipinski definition) is 2. The molecule has 2 N–H and O–H groups in total. The van der Waals surface area contributed by atoms with Crippen molar-refractivity contribution in [3.8, 4) is 11.1 Å². The van der Waals surface area contributed by atoms with Crippen molar-refractivity contribution in [2.45, 2.75) is 18.4 Å². The quantitative estimate of drug-likeness (QED) is 0.569. The second-order valence-corrected chi connectivity index (χ2v) is 7.57. The summed E-state index contributed by atoms with van der Waals surface area (Å²) >= 11 is 0. The van der Waals surface area contributed by atoms with Gasteiger partial charge < -0.3 is 10.4 Å². The fourth-order valence-electron chi connectivity index (χ4n) is 4.57. The minimum Gasteiger partial charge on any atom is -0.478 e. The Morgan fingerprint density at radius 3 is 2.46 bits per heavy atom. The molecule has 0 unspecified atom stereocenters. The normalized spacial score (nSPS) is 22.2. The highest BCUT2D eigenvalue weighted by Gasteiger charge is 2.37. The van der Waals surface area contributed by atoms with Gasteiger partial charge in [0.15, 0.2) is 0 Å². The standard InChI is InChI=1S/C25H21NO2/c27-25(28)18-11-9-17(10-12-18)24-21-8-4-7-20(21)22-15-19(13-14-23(22)26-24)16-5-2-1-3-6-16/h1-7,9-15,20-21,24,26H,8H2,(H,27,28)/t20-,21-,24-/m0/s1. The van der Waals surface area contributed by atoms with Crippen LogP contribution in [0.2, 0.25) is 0 Å². The number of carboxylic acid groups (broad SMARTS) is 1. The molecule has 28 heavy (non-hydrogen) atoms. The first-order chi connectivity index (χ1) is 13.7. The molecule has 1 aliphatic carbocycles. The molecule has 0 bridgehead atoms. The minimum absolute atomic E-state index is 0.179. The third-order valence-corrected chi connectivity index (χ3v) is 5.99. The Hall–Kier alpha value is -3.33. The summed E-state index contributed by atoms with van der Waals surface area (Å²) in [6, 6.07) is 24.6. The highest BCUT2D eigenvalue weighted by atomic mass is 16.4. The van der Waals surface area contributed by atoms with Gasteiger partial charge in [-0.15, -0.1) is 0 Å². The van der Waals surface area contributed by atoms with Crippen molar-refractivity contribution in [2.75, 3.05) is 5.32 Å². The minimum atomic E-state index is -0.887. The van der Waals surface area contributed by atoms with Crippen LogP contribution in [-0.2, 0) is 0 Å². The van der Waals surface area contributed by atoms with Crippen molar-refractivity contribution in [1.29, 1.82) is 0 Å². The van der Waals surface area contributed by atoms with Crippen molar-refractivity contribution < 1.29 is 9.90 Å². The van der Waals surface area contributed by atoms with E-state index in [4.69, 9.17) is 5.11 Å². The number of benzene rings is 3. The van der Waals surface area contributed by atoms with Gasteiger partial charge in [-0.25, -0.2) is 4.79 Å². The number of rotatable bonds is 3. The molecular weight excluding hydrogens is 346 g/mol. The second-order valence-electron chi connectivity index (χ2n) is 7.57. The largest absolute Gasteiger partial charge is 0.478 e. The molecule has 0 radical (unpaired) electrons. The molecule has 0 amide bonds. The molecule has 1 heterocycles. The molecule has 138 valence electrons. The average Bonchev–Trinajstić information content (AvgIpc) is 3.24. The maximum absolute atomic E-state index is 11.2. The number of anilines is 1. The SMILES string of the molecule is O=C(O)c1ccc([C@@H]2Nc3ccc(-c4ccccc4)cc3[C@H]3C=CC[C@@H]32)cc1. The van der Waals surface area contributed by atoms with Crippen LogP contribution in [0.25, 0.3) is 11.1 Å². The lowest BCUT2D eigenvalue weighted by Gasteiger charge is -2.38. The van der Waals surface area contributed by atoms with Gasteiger partial charge in [0, 0.05) is 11.6 Å². The Bertz CT molecular complexity index is 1050. The zero-order chi connectivity index (χ0) is 19.1. The fourth-order valence-corrected chi connectivity index (χ4v) is 4.57. The first-order valence-corrected chi connectivity index (χ1v) is 9.66. The number of carboxylic acids is 1. The smallest absolute Gasteiger partial charge is 0.335 e. The van der Waals surface area contributed by atoms with E-state index in [2.05, 4.69) is 59.9 Å². The van der Waals surface area contributed by atoms with E-state index in [1.807, 2.05) is 18.2 Å². The van der Waals surface area contributed by atoms with Crippen molar-refractivity contribution in [3.63, 3.8) is 0 Å². The second kappa shape index (κ2) is 6.68. The molecule has 3 aromatic rings. The number of fused-ring (bicyclic) bond motifs is 3. The van der Waals surface area contributed by atoms with E-state index in [0.29, 0.717) is 17.4 Å². The summed E-state index contributed by atoms with van der Waals surface area (Å²) in [5.74, 6) is -0.0689. The van der Waals surface area contributed by atoms with Crippen molar-refractivity contribution in [2.24, 2.45) is 5.92 Å². The highest BCUT2D eigenvalue weighted by Crippen LogP contribution is 2.50. The monoisotopic (exact) mass is 367 g/mol. The summed E-state index contributed by atoms with van der Waals surface area (Å²) in [5.41, 5.74) is 6.45. The molecule has 0 aromatic heterocycles. The van der Waals surface area contributed by atoms with E-state index < -0.39 is 5.97 Å². The number of hydrogen-bond acceptors (Lipinski definition) is 2. The first kappa shape index (κ1) is 16.8. The summed E-state index contributed by atoms with van der Waals surface area (Å²) in [6.07, 6.45) is 5.63. The van der Waals surface area contributed by atoms with E-state index >= 15 is 0 Å². The lowest BCUT2D eigenvalue weighted by Crippen LogP contribution is -2.29. The van der Waals surface area contributed by atoms with Crippen LogP contribution >= 0.6 is 0 Å². The zero-order valence-electron chi connectivity index (χ0n) is 15.4. The third kappa shape index (κ3) is 2.80. The molecular formula is C25H21NO2. The van der Waals surface area contributed by atoms with E-state index in [0.717, 1.165) is 12.0 Å². The van der Waals surface area contributed by atoms with Crippen LogP contribution in [0.3, 0.4) is 0 Å². The van der Waals surface area contributed by atoms with Gasteiger partial charge in [0.05, 0.1) is 11.6 Å². The average molecular weight is 367 g/mol. The number of allylic oxidation sites excluding steroid dienone is 2. The Morgan fingerprint density at radius 1 is 0.929 bits per heavy atom. The summed E-state index contributed by atoms with van der Waals surface area (Å²) in [7, 11) is 0. The van der Waals surface area contributed by atoms with Gasteiger partial charge in [-0.1, -0.05) is 60.7 Å². The van der Waals surface area contributed by atoms with Gasteiger partial charge in [-0.2, -0.15) is 0 Å². The van der Waals surface area contributed by atoms with Crippen LogP contribution in [-0.4, -0.2) is 11.1 Å². The molecule has 0 saturated carbocycles. The summed E-state index contributed by atoms with van der Waals surface area (Å²) in [4.78, 5) is 11.2. The highest BCUT2D eigenvalue weighted by molar-refractivity contribution is 5.87. The Labute approximate surface area is 164 Å². The van der Waals surface area contributed by atoms with Gasteiger partial charge in [0.2, 0.25) is 0 Å². The summed E-state index contributed by atoms with van der Waals surface area (Å²) in [6.45, 7) is 0. The maximum atomic E-state index is 11.2. The summed E-state index contributed by atoms with van der Waals surface area (Å²) in [5, 5.41) is 12.9. The van der Waals surface area contributed by atoms with E-state index in [-0.39, 0.29) is 6.04 Å². The van der Waals surface area contributed by atoms with Crippen molar-refractivity contribution in [1.82, 2.24) is 0 Å². The Balaban J connectivity index is 1.52. The molecule has 5 rings (SSSR count). The van der Waals surface area contributed by atoms with Gasteiger partial charge >= 0.3 is 5.97 Å².